The Morgan fingerprint density at radius 2 is 2.00 bits per heavy atom. The lowest BCUT2D eigenvalue weighted by molar-refractivity contribution is -0.384. The zero-order valence-electron chi connectivity index (χ0n) is 15.3. The highest BCUT2D eigenvalue weighted by Gasteiger charge is 2.44. The van der Waals surface area contributed by atoms with Crippen LogP contribution < -0.4 is 15.0 Å². The molecule has 0 unspecified atom stereocenters. The number of piperidine rings is 1. The first-order valence-electron chi connectivity index (χ1n) is 9.06. The summed E-state index contributed by atoms with van der Waals surface area (Å²) in [6.45, 7) is 0.446. The van der Waals surface area contributed by atoms with Crippen LogP contribution in [0.3, 0.4) is 0 Å². The summed E-state index contributed by atoms with van der Waals surface area (Å²) in [6, 6.07) is 7.79. The number of anilines is 1. The number of halogens is 4. The predicted molar refractivity (Wildman–Crippen MR) is 102 cm³/mol. The maximum absolute atomic E-state index is 12.9. The molecule has 7 nitrogen and oxygen atoms in total. The van der Waals surface area contributed by atoms with E-state index in [0.717, 1.165) is 0 Å². The Morgan fingerprint density at radius 3 is 2.70 bits per heavy atom. The molecule has 2 atom stereocenters. The summed E-state index contributed by atoms with van der Waals surface area (Å²) in [5, 5.41) is 13.3. The quantitative estimate of drug-likeness (QED) is 0.537. The summed E-state index contributed by atoms with van der Waals surface area (Å²) in [4.78, 5) is 24.1. The van der Waals surface area contributed by atoms with Crippen LogP contribution in [-0.2, 0) is 4.79 Å². The van der Waals surface area contributed by atoms with E-state index in [9.17, 15) is 28.1 Å². The van der Waals surface area contributed by atoms with Gasteiger partial charge in [-0.15, -0.1) is 0 Å². The summed E-state index contributed by atoms with van der Waals surface area (Å²) in [6.07, 6.45) is -4.19. The molecule has 158 valence electrons. The average molecular weight is 442 g/mol. The molecule has 30 heavy (non-hydrogen) atoms. The fourth-order valence-corrected chi connectivity index (χ4v) is 4.19. The molecule has 1 N–H and O–H groups in total. The summed E-state index contributed by atoms with van der Waals surface area (Å²) in [5.41, 5.74) is 0.641. The molecule has 2 aliphatic rings. The number of alkyl halides is 3. The Balaban J connectivity index is 1.84. The van der Waals surface area contributed by atoms with Crippen LogP contribution in [0.15, 0.2) is 36.4 Å². The number of benzene rings is 2. The molecule has 2 aromatic rings. The van der Waals surface area contributed by atoms with Crippen LogP contribution in [0.2, 0.25) is 5.02 Å². The van der Waals surface area contributed by atoms with Gasteiger partial charge in [0.25, 0.3) is 5.69 Å². The molecule has 2 heterocycles. The molecule has 0 bridgehead atoms. The van der Waals surface area contributed by atoms with Crippen molar-refractivity contribution in [3.05, 3.63) is 57.1 Å². The molecule has 1 saturated heterocycles. The van der Waals surface area contributed by atoms with Crippen molar-refractivity contribution in [3.8, 4) is 11.5 Å². The first-order valence-corrected chi connectivity index (χ1v) is 9.43. The van der Waals surface area contributed by atoms with Crippen LogP contribution in [0.1, 0.15) is 24.4 Å². The molecule has 0 aliphatic carbocycles. The van der Waals surface area contributed by atoms with Crippen molar-refractivity contribution in [1.29, 1.82) is 0 Å². The number of hydrogen-bond acceptors (Lipinski definition) is 5. The van der Waals surface area contributed by atoms with E-state index in [2.05, 4.69) is 5.32 Å². The molecule has 0 spiro atoms. The smallest absolute Gasteiger partial charge is 0.455 e. The second-order valence-corrected chi connectivity index (χ2v) is 7.43. The van der Waals surface area contributed by atoms with Gasteiger partial charge in [0, 0.05) is 12.1 Å². The fourth-order valence-electron chi connectivity index (χ4n) is 3.97. The molecule has 0 aromatic heterocycles. The van der Waals surface area contributed by atoms with E-state index in [0.29, 0.717) is 36.4 Å². The molecular weight excluding hydrogens is 427 g/mol. The van der Waals surface area contributed by atoms with Crippen molar-refractivity contribution in [2.75, 3.05) is 11.4 Å². The van der Waals surface area contributed by atoms with Gasteiger partial charge in [0.05, 0.1) is 28.8 Å². The lowest BCUT2D eigenvalue weighted by atomic mass is 9.89. The van der Waals surface area contributed by atoms with Gasteiger partial charge in [-0.1, -0.05) is 29.8 Å². The topological polar surface area (TPSA) is 84.7 Å². The van der Waals surface area contributed by atoms with Crippen molar-refractivity contribution >= 4 is 28.9 Å². The third kappa shape index (κ3) is 3.51. The Labute approximate surface area is 173 Å². The van der Waals surface area contributed by atoms with Crippen LogP contribution in [0.25, 0.3) is 0 Å². The van der Waals surface area contributed by atoms with Gasteiger partial charge in [-0.3, -0.25) is 14.9 Å². The minimum absolute atomic E-state index is 0.117. The highest BCUT2D eigenvalue weighted by Crippen LogP contribution is 2.50. The lowest BCUT2D eigenvalue weighted by Gasteiger charge is -2.42. The van der Waals surface area contributed by atoms with Crippen molar-refractivity contribution in [2.45, 2.75) is 31.1 Å². The van der Waals surface area contributed by atoms with Gasteiger partial charge < -0.3 is 15.0 Å². The van der Waals surface area contributed by atoms with E-state index in [1.165, 1.54) is 12.1 Å². The molecule has 1 amide bonds. The molecule has 2 aromatic carbocycles. The summed E-state index contributed by atoms with van der Waals surface area (Å²) < 4.78 is 44.6. The normalized spacial score (nSPS) is 20.2. The number of carbonyl (C=O) groups is 1. The van der Waals surface area contributed by atoms with E-state index in [1.54, 1.807) is 29.2 Å². The van der Waals surface area contributed by atoms with Gasteiger partial charge in [0.2, 0.25) is 0 Å². The lowest BCUT2D eigenvalue weighted by Crippen LogP contribution is -2.52. The number of nitrogens with one attached hydrogen (secondary N) is 1. The largest absolute Gasteiger partial charge is 0.471 e. The zero-order valence-corrected chi connectivity index (χ0v) is 16.0. The number of nitro benzene ring substituents is 1. The molecule has 11 heteroatoms. The van der Waals surface area contributed by atoms with E-state index in [4.69, 9.17) is 16.3 Å². The number of hydrogen-bond donors (Lipinski definition) is 1. The van der Waals surface area contributed by atoms with Gasteiger partial charge in [-0.2, -0.15) is 13.2 Å². The number of fused-ring (bicyclic) bond motifs is 5. The highest BCUT2D eigenvalue weighted by atomic mass is 35.5. The fraction of sp³-hybridized carbons (Fsp3) is 0.316. The number of nitro groups is 1. The third-order valence-corrected chi connectivity index (χ3v) is 5.50. The summed E-state index contributed by atoms with van der Waals surface area (Å²) in [7, 11) is 0. The van der Waals surface area contributed by atoms with Crippen LogP contribution in [0, 0.1) is 10.1 Å². The van der Waals surface area contributed by atoms with Crippen molar-refractivity contribution < 1.29 is 27.6 Å². The van der Waals surface area contributed by atoms with Crippen LogP contribution >= 0.6 is 11.6 Å². The Hall–Kier alpha value is -3.01. The van der Waals surface area contributed by atoms with Gasteiger partial charge in [0.1, 0.15) is 10.8 Å². The third-order valence-electron chi connectivity index (χ3n) is 5.20. The number of amides is 1. The number of rotatable bonds is 2. The van der Waals surface area contributed by atoms with E-state index < -0.39 is 29.1 Å². The number of carbonyl (C=O) groups excluding carboxylic acids is 1. The second kappa shape index (κ2) is 7.35. The maximum Gasteiger partial charge on any atom is 0.471 e. The number of ether oxygens (including phenoxy) is 1. The van der Waals surface area contributed by atoms with Gasteiger partial charge in [-0.25, -0.2) is 0 Å². The minimum Gasteiger partial charge on any atom is -0.455 e. The van der Waals surface area contributed by atoms with Gasteiger partial charge in [-0.05, 0) is 25.0 Å². The van der Waals surface area contributed by atoms with E-state index >= 15 is 0 Å². The Morgan fingerprint density at radius 1 is 1.27 bits per heavy atom. The molecule has 0 saturated carbocycles. The monoisotopic (exact) mass is 441 g/mol. The summed E-state index contributed by atoms with van der Waals surface area (Å²) in [5.74, 6) is -1.50. The molecule has 2 aliphatic heterocycles. The van der Waals surface area contributed by atoms with Crippen LogP contribution in [0.4, 0.5) is 24.5 Å². The molecule has 0 radical (unpaired) electrons. The van der Waals surface area contributed by atoms with Crippen molar-refractivity contribution in [3.63, 3.8) is 0 Å². The zero-order chi connectivity index (χ0) is 21.6. The first-order chi connectivity index (χ1) is 14.2. The number of nitrogens with zero attached hydrogens (tertiary/aromatic N) is 2. The molecular formula is C19H15ClF3N3O4. The minimum atomic E-state index is -5.01. The average Bonchev–Trinajstić information content (AvgIpc) is 2.81. The van der Waals surface area contributed by atoms with E-state index in [-0.39, 0.29) is 16.5 Å². The van der Waals surface area contributed by atoms with Crippen LogP contribution in [-0.4, -0.2) is 29.6 Å². The predicted octanol–water partition coefficient (Wildman–Crippen LogP) is 4.74. The maximum atomic E-state index is 12.9. The Kier molecular flexibility index (Phi) is 4.97. The molecule has 4 rings (SSSR count). The highest BCUT2D eigenvalue weighted by molar-refractivity contribution is 6.33. The molecule has 1 fully saturated rings. The van der Waals surface area contributed by atoms with E-state index in [1.807, 2.05) is 0 Å². The van der Waals surface area contributed by atoms with Gasteiger partial charge in [0.15, 0.2) is 5.75 Å². The van der Waals surface area contributed by atoms with Crippen molar-refractivity contribution in [1.82, 2.24) is 5.32 Å². The standard InChI is InChI=1S/C19H15ClF3N3O4/c20-11-8-14-16(9-13(11)26(28)29)30-15-6-2-1-4-10(15)17-12(5-3-7-25(14)17)24-18(27)19(21,22)23/h1-2,4,6,8-9,12,17H,3,5,7H2,(H,24,27)/t12-,17+/m1/s1. The Bertz CT molecular complexity index is 1030. The van der Waals surface area contributed by atoms with Crippen molar-refractivity contribution in [2.24, 2.45) is 0 Å². The first kappa shape index (κ1) is 20.3. The summed E-state index contributed by atoms with van der Waals surface area (Å²) >= 11 is 6.09. The van der Waals surface area contributed by atoms with Crippen LogP contribution in [0.5, 0.6) is 11.5 Å². The second-order valence-electron chi connectivity index (χ2n) is 7.03. The SMILES string of the molecule is O=C(N[C@@H]1CCCN2c3cc(Cl)c([N+](=O)[O-])cc3Oc3ccccc3[C@@H]12)C(F)(F)F. The van der Waals surface area contributed by atoms with Gasteiger partial charge >= 0.3 is 12.1 Å². The number of para-hydroxylation sites is 1.